The number of carbonyl (C=O) groups is 2. The lowest BCUT2D eigenvalue weighted by Gasteiger charge is -2.09. The lowest BCUT2D eigenvalue weighted by atomic mass is 10.1. The maximum atomic E-state index is 11.9. The first-order chi connectivity index (χ1) is 11.8. The standard InChI is InChI=1S/C19H17Cl2NO3/c1-12-3-4-13(2)17(9-12)22-18(23)11-25-19(24)8-6-14-5-7-15(20)10-16(14)21/h3-10H,11H2,1-2H3,(H,22,23)/b8-6+. The molecule has 0 heterocycles. The van der Waals surface area contributed by atoms with E-state index in [-0.39, 0.29) is 6.61 Å². The molecule has 0 aliphatic carbocycles. The Labute approximate surface area is 156 Å². The van der Waals surface area contributed by atoms with Gasteiger partial charge >= 0.3 is 5.97 Å². The zero-order valence-corrected chi connectivity index (χ0v) is 15.3. The van der Waals surface area contributed by atoms with Crippen LogP contribution in [-0.2, 0) is 14.3 Å². The normalized spacial score (nSPS) is 10.7. The third-order valence-electron chi connectivity index (χ3n) is 3.37. The van der Waals surface area contributed by atoms with Crippen LogP contribution in [0.5, 0.6) is 0 Å². The SMILES string of the molecule is Cc1ccc(C)c(NC(=O)COC(=O)/C=C/c2ccc(Cl)cc2Cl)c1. The van der Waals surface area contributed by atoms with Crippen molar-refractivity contribution < 1.29 is 14.3 Å². The number of benzene rings is 2. The van der Waals surface area contributed by atoms with Gasteiger partial charge in [-0.3, -0.25) is 4.79 Å². The van der Waals surface area contributed by atoms with Gasteiger partial charge in [-0.05, 0) is 54.8 Å². The topological polar surface area (TPSA) is 55.4 Å². The van der Waals surface area contributed by atoms with E-state index in [1.807, 2.05) is 32.0 Å². The Kier molecular flexibility index (Phi) is 6.62. The number of carbonyl (C=O) groups excluding carboxylic acids is 2. The number of rotatable bonds is 5. The van der Waals surface area contributed by atoms with Gasteiger partial charge in [0.2, 0.25) is 0 Å². The molecule has 0 radical (unpaired) electrons. The minimum Gasteiger partial charge on any atom is -0.452 e. The molecule has 25 heavy (non-hydrogen) atoms. The van der Waals surface area contributed by atoms with Crippen molar-refractivity contribution in [2.75, 3.05) is 11.9 Å². The molecule has 2 aromatic rings. The van der Waals surface area contributed by atoms with Crippen molar-refractivity contribution in [2.24, 2.45) is 0 Å². The molecule has 130 valence electrons. The van der Waals surface area contributed by atoms with E-state index in [1.165, 1.54) is 12.2 Å². The largest absolute Gasteiger partial charge is 0.452 e. The van der Waals surface area contributed by atoms with Gasteiger partial charge < -0.3 is 10.1 Å². The number of hydrogen-bond donors (Lipinski definition) is 1. The molecule has 0 unspecified atom stereocenters. The highest BCUT2D eigenvalue weighted by Crippen LogP contribution is 2.22. The van der Waals surface area contributed by atoms with Crippen molar-refractivity contribution in [2.45, 2.75) is 13.8 Å². The molecule has 1 N–H and O–H groups in total. The van der Waals surface area contributed by atoms with Gasteiger partial charge in [-0.25, -0.2) is 4.79 Å². The minimum absolute atomic E-state index is 0.370. The van der Waals surface area contributed by atoms with Gasteiger partial charge in [0, 0.05) is 21.8 Å². The minimum atomic E-state index is -0.637. The van der Waals surface area contributed by atoms with Gasteiger partial charge in [-0.1, -0.05) is 41.4 Å². The number of anilines is 1. The molecule has 2 rings (SSSR count). The number of amides is 1. The monoisotopic (exact) mass is 377 g/mol. The number of aryl methyl sites for hydroxylation is 2. The summed E-state index contributed by atoms with van der Waals surface area (Å²) in [6.07, 6.45) is 2.71. The second kappa shape index (κ2) is 8.70. The third kappa shape index (κ3) is 5.93. The van der Waals surface area contributed by atoms with Gasteiger partial charge in [0.1, 0.15) is 0 Å². The van der Waals surface area contributed by atoms with E-state index in [9.17, 15) is 9.59 Å². The van der Waals surface area contributed by atoms with Crippen LogP contribution in [0.3, 0.4) is 0 Å². The Balaban J connectivity index is 1.87. The van der Waals surface area contributed by atoms with E-state index in [2.05, 4.69) is 5.32 Å². The number of hydrogen-bond acceptors (Lipinski definition) is 3. The lowest BCUT2D eigenvalue weighted by molar-refractivity contribution is -0.142. The van der Waals surface area contributed by atoms with E-state index < -0.39 is 11.9 Å². The fourth-order valence-electron chi connectivity index (χ4n) is 2.04. The van der Waals surface area contributed by atoms with Crippen LogP contribution in [0.25, 0.3) is 6.08 Å². The summed E-state index contributed by atoms with van der Waals surface area (Å²) >= 11 is 11.8. The molecule has 0 atom stereocenters. The zero-order valence-electron chi connectivity index (χ0n) is 13.8. The first-order valence-corrected chi connectivity index (χ1v) is 8.28. The molecule has 0 bridgehead atoms. The van der Waals surface area contributed by atoms with Crippen LogP contribution in [-0.4, -0.2) is 18.5 Å². The zero-order chi connectivity index (χ0) is 18.4. The molecule has 6 heteroatoms. The Morgan fingerprint density at radius 1 is 1.12 bits per heavy atom. The van der Waals surface area contributed by atoms with Gasteiger partial charge in [-0.2, -0.15) is 0 Å². The molecule has 1 amide bonds. The summed E-state index contributed by atoms with van der Waals surface area (Å²) in [5, 5.41) is 3.65. The predicted octanol–water partition coefficient (Wildman–Crippen LogP) is 4.81. The van der Waals surface area contributed by atoms with Gasteiger partial charge in [-0.15, -0.1) is 0 Å². The molecular weight excluding hydrogens is 361 g/mol. The molecule has 0 aliphatic heterocycles. The number of esters is 1. The summed E-state index contributed by atoms with van der Waals surface area (Å²) in [6, 6.07) is 10.6. The van der Waals surface area contributed by atoms with E-state index in [0.29, 0.717) is 21.3 Å². The molecule has 0 saturated heterocycles. The van der Waals surface area contributed by atoms with E-state index in [4.69, 9.17) is 27.9 Å². The summed E-state index contributed by atoms with van der Waals surface area (Å²) < 4.78 is 4.92. The van der Waals surface area contributed by atoms with Gasteiger partial charge in [0.25, 0.3) is 5.91 Å². The van der Waals surface area contributed by atoms with Crippen LogP contribution in [0.4, 0.5) is 5.69 Å². The molecule has 0 spiro atoms. The van der Waals surface area contributed by atoms with Crippen molar-refractivity contribution in [3.05, 3.63) is 69.2 Å². The van der Waals surface area contributed by atoms with Crippen LogP contribution >= 0.6 is 23.2 Å². The van der Waals surface area contributed by atoms with Gasteiger partial charge in [0.15, 0.2) is 6.61 Å². The molecule has 0 fully saturated rings. The summed E-state index contributed by atoms with van der Waals surface area (Å²) in [4.78, 5) is 23.6. The van der Waals surface area contributed by atoms with Crippen LogP contribution in [0, 0.1) is 13.8 Å². The smallest absolute Gasteiger partial charge is 0.331 e. The molecule has 4 nitrogen and oxygen atoms in total. The summed E-state index contributed by atoms with van der Waals surface area (Å²) in [7, 11) is 0. The average molecular weight is 378 g/mol. The predicted molar refractivity (Wildman–Crippen MR) is 101 cm³/mol. The van der Waals surface area contributed by atoms with Crippen LogP contribution in [0.2, 0.25) is 10.0 Å². The first kappa shape index (κ1) is 19.0. The first-order valence-electron chi connectivity index (χ1n) is 7.52. The summed E-state index contributed by atoms with van der Waals surface area (Å²) in [6.45, 7) is 3.45. The van der Waals surface area contributed by atoms with Crippen LogP contribution < -0.4 is 5.32 Å². The Morgan fingerprint density at radius 3 is 2.60 bits per heavy atom. The quantitative estimate of drug-likeness (QED) is 0.600. The van der Waals surface area contributed by atoms with E-state index in [1.54, 1.807) is 18.2 Å². The van der Waals surface area contributed by atoms with E-state index >= 15 is 0 Å². The molecule has 0 aliphatic rings. The Morgan fingerprint density at radius 2 is 1.88 bits per heavy atom. The van der Waals surface area contributed by atoms with Crippen molar-refractivity contribution >= 4 is 46.8 Å². The molecular formula is C19H17Cl2NO3. The fraction of sp³-hybridized carbons (Fsp3) is 0.158. The maximum absolute atomic E-state index is 11.9. The number of ether oxygens (including phenoxy) is 1. The van der Waals surface area contributed by atoms with E-state index in [0.717, 1.165) is 11.1 Å². The highest BCUT2D eigenvalue weighted by Gasteiger charge is 2.08. The van der Waals surface area contributed by atoms with Gasteiger partial charge in [0.05, 0.1) is 0 Å². The molecule has 0 saturated carbocycles. The highest BCUT2D eigenvalue weighted by molar-refractivity contribution is 6.35. The second-order valence-corrected chi connectivity index (χ2v) is 6.32. The number of halogens is 2. The van der Waals surface area contributed by atoms with Crippen molar-refractivity contribution in [3.8, 4) is 0 Å². The summed E-state index contributed by atoms with van der Waals surface area (Å²) in [5.41, 5.74) is 3.29. The van der Waals surface area contributed by atoms with Crippen molar-refractivity contribution in [1.82, 2.24) is 0 Å². The van der Waals surface area contributed by atoms with Crippen LogP contribution in [0.1, 0.15) is 16.7 Å². The fourth-order valence-corrected chi connectivity index (χ4v) is 2.51. The lowest BCUT2D eigenvalue weighted by Crippen LogP contribution is -2.20. The Hall–Kier alpha value is -2.30. The maximum Gasteiger partial charge on any atom is 0.331 e. The van der Waals surface area contributed by atoms with Crippen LogP contribution in [0.15, 0.2) is 42.5 Å². The second-order valence-electron chi connectivity index (χ2n) is 5.47. The highest BCUT2D eigenvalue weighted by atomic mass is 35.5. The van der Waals surface area contributed by atoms with Crippen molar-refractivity contribution in [3.63, 3.8) is 0 Å². The Bertz CT molecular complexity index is 831. The van der Waals surface area contributed by atoms with Crippen molar-refractivity contribution in [1.29, 1.82) is 0 Å². The molecule has 2 aromatic carbocycles. The third-order valence-corrected chi connectivity index (χ3v) is 3.94. The molecule has 0 aromatic heterocycles. The summed E-state index contributed by atoms with van der Waals surface area (Å²) in [5.74, 6) is -1.04. The average Bonchev–Trinajstić information content (AvgIpc) is 2.55. The number of nitrogens with one attached hydrogen (secondary N) is 1.